The number of carbonyl (C=O) groups is 1. The lowest BCUT2D eigenvalue weighted by Crippen LogP contribution is -2.50. The number of nitrogens with zero attached hydrogens (tertiary/aromatic N) is 3. The van der Waals surface area contributed by atoms with E-state index >= 15 is 0 Å². The number of hydrogen-bond acceptors (Lipinski definition) is 4. The smallest absolute Gasteiger partial charge is 0.254 e. The van der Waals surface area contributed by atoms with Crippen LogP contribution in [0.5, 0.6) is 0 Å². The number of piperazine rings is 1. The van der Waals surface area contributed by atoms with Gasteiger partial charge in [0.2, 0.25) is 10.0 Å². The highest BCUT2D eigenvalue weighted by Crippen LogP contribution is 2.20. The zero-order valence-electron chi connectivity index (χ0n) is 16.5. The molecule has 1 heterocycles. The molecule has 8 heteroatoms. The Hall–Kier alpha value is -2.71. The van der Waals surface area contributed by atoms with Crippen LogP contribution in [0.1, 0.15) is 15.9 Å². The van der Waals surface area contributed by atoms with Crippen LogP contribution in [0.15, 0.2) is 53.9 Å². The van der Waals surface area contributed by atoms with Crippen LogP contribution < -0.4 is 4.90 Å². The Morgan fingerprint density at radius 3 is 2.28 bits per heavy atom. The first-order chi connectivity index (χ1) is 13.8. The van der Waals surface area contributed by atoms with Gasteiger partial charge in [0.1, 0.15) is 5.82 Å². The molecule has 1 aliphatic rings. The second-order valence-electron chi connectivity index (χ2n) is 7.01. The zero-order chi connectivity index (χ0) is 21.0. The third-order valence-corrected chi connectivity index (χ3v) is 6.36. The predicted octanol–water partition coefficient (Wildman–Crippen LogP) is 2.65. The van der Waals surface area contributed by atoms with E-state index in [1.165, 1.54) is 15.8 Å². The van der Waals surface area contributed by atoms with Gasteiger partial charge in [-0.2, -0.15) is 4.31 Å². The molecule has 0 unspecified atom stereocenters. The van der Waals surface area contributed by atoms with E-state index in [1.807, 2.05) is 30.3 Å². The molecule has 0 atom stereocenters. The number of carbonyl (C=O) groups excluding carboxylic acids is 1. The summed E-state index contributed by atoms with van der Waals surface area (Å²) in [5, 5.41) is 1.19. The first kappa shape index (κ1) is 21.0. The van der Waals surface area contributed by atoms with Crippen LogP contribution in [0.2, 0.25) is 0 Å². The first-order valence-corrected chi connectivity index (χ1v) is 10.8. The maximum atomic E-state index is 14.2. The van der Waals surface area contributed by atoms with E-state index in [-0.39, 0.29) is 37.6 Å². The predicted molar refractivity (Wildman–Crippen MR) is 113 cm³/mol. The van der Waals surface area contributed by atoms with Gasteiger partial charge in [-0.05, 0) is 29.8 Å². The monoisotopic (exact) mass is 417 g/mol. The van der Waals surface area contributed by atoms with E-state index in [2.05, 4.69) is 0 Å². The van der Waals surface area contributed by atoms with Gasteiger partial charge in [-0.1, -0.05) is 30.3 Å². The van der Waals surface area contributed by atoms with Crippen molar-refractivity contribution >= 4 is 27.7 Å². The van der Waals surface area contributed by atoms with Crippen molar-refractivity contribution in [2.24, 2.45) is 0 Å². The lowest BCUT2D eigenvalue weighted by atomic mass is 10.1. The van der Waals surface area contributed by atoms with Crippen LogP contribution in [0.25, 0.3) is 6.08 Å². The van der Waals surface area contributed by atoms with Crippen LogP contribution in [0.4, 0.5) is 10.1 Å². The fraction of sp³-hybridized carbons (Fsp3) is 0.286. The maximum absolute atomic E-state index is 14.2. The van der Waals surface area contributed by atoms with Gasteiger partial charge in [0.25, 0.3) is 5.91 Å². The van der Waals surface area contributed by atoms with Crippen LogP contribution >= 0.6 is 0 Å². The molecule has 3 rings (SSSR count). The molecule has 0 saturated carbocycles. The average molecular weight is 418 g/mol. The second-order valence-corrected chi connectivity index (χ2v) is 8.83. The fourth-order valence-corrected chi connectivity index (χ4v) is 4.32. The number of benzene rings is 2. The second kappa shape index (κ2) is 8.75. The topological polar surface area (TPSA) is 60.9 Å². The molecule has 0 spiro atoms. The summed E-state index contributed by atoms with van der Waals surface area (Å²) < 4.78 is 40.6. The molecule has 2 aromatic carbocycles. The van der Waals surface area contributed by atoms with E-state index in [4.69, 9.17) is 0 Å². The summed E-state index contributed by atoms with van der Waals surface area (Å²) in [6.07, 6.45) is 1.56. The SMILES string of the molecule is CN(C)c1ccc(C(=O)N2CCN(S(=O)(=O)/C=C/c3ccccc3)CC2)cc1F. The van der Waals surface area contributed by atoms with E-state index in [0.717, 1.165) is 5.56 Å². The number of anilines is 1. The quantitative estimate of drug-likeness (QED) is 0.751. The van der Waals surface area contributed by atoms with Gasteiger partial charge in [0.15, 0.2) is 0 Å². The lowest BCUT2D eigenvalue weighted by molar-refractivity contribution is 0.0698. The normalized spacial score (nSPS) is 15.6. The largest absolute Gasteiger partial charge is 0.375 e. The van der Waals surface area contributed by atoms with Gasteiger partial charge in [-0.15, -0.1) is 0 Å². The summed E-state index contributed by atoms with van der Waals surface area (Å²) in [6.45, 7) is 0.916. The van der Waals surface area contributed by atoms with Crippen molar-refractivity contribution < 1.29 is 17.6 Å². The highest BCUT2D eigenvalue weighted by atomic mass is 32.2. The molecule has 0 radical (unpaired) electrons. The molecular weight excluding hydrogens is 393 g/mol. The molecule has 29 heavy (non-hydrogen) atoms. The van der Waals surface area contributed by atoms with Crippen molar-refractivity contribution in [2.45, 2.75) is 0 Å². The summed E-state index contributed by atoms with van der Waals surface area (Å²) in [5.74, 6) is -0.765. The molecule has 1 fully saturated rings. The first-order valence-electron chi connectivity index (χ1n) is 9.27. The van der Waals surface area contributed by atoms with E-state index in [0.29, 0.717) is 5.69 Å². The van der Waals surface area contributed by atoms with Crippen molar-refractivity contribution in [1.82, 2.24) is 9.21 Å². The van der Waals surface area contributed by atoms with Crippen molar-refractivity contribution in [3.8, 4) is 0 Å². The Labute approximate surface area is 170 Å². The zero-order valence-corrected chi connectivity index (χ0v) is 17.3. The molecule has 0 aliphatic carbocycles. The number of amides is 1. The Kier molecular flexibility index (Phi) is 6.34. The van der Waals surface area contributed by atoms with Crippen molar-refractivity contribution in [1.29, 1.82) is 0 Å². The Bertz CT molecular complexity index is 999. The lowest BCUT2D eigenvalue weighted by Gasteiger charge is -2.33. The number of rotatable bonds is 5. The Morgan fingerprint density at radius 2 is 1.69 bits per heavy atom. The molecule has 154 valence electrons. The molecule has 1 aliphatic heterocycles. The van der Waals surface area contributed by atoms with Crippen LogP contribution in [0.3, 0.4) is 0 Å². The summed E-state index contributed by atoms with van der Waals surface area (Å²) in [7, 11) is -0.112. The number of halogens is 1. The molecule has 1 saturated heterocycles. The third-order valence-electron chi connectivity index (χ3n) is 4.79. The molecule has 6 nitrogen and oxygen atoms in total. The van der Waals surface area contributed by atoms with E-state index in [1.54, 1.807) is 42.1 Å². The highest BCUT2D eigenvalue weighted by Gasteiger charge is 2.28. The Morgan fingerprint density at radius 1 is 1.03 bits per heavy atom. The van der Waals surface area contributed by atoms with Crippen molar-refractivity contribution in [2.75, 3.05) is 45.2 Å². The molecular formula is C21H24FN3O3S. The minimum atomic E-state index is -3.57. The standard InChI is InChI=1S/C21H24FN3O3S/c1-23(2)20-9-8-18(16-19(20)22)21(26)24-11-13-25(14-12-24)29(27,28)15-10-17-6-4-3-5-7-17/h3-10,15-16H,11-14H2,1-2H3/b15-10+. The van der Waals surface area contributed by atoms with Gasteiger partial charge >= 0.3 is 0 Å². The van der Waals surface area contributed by atoms with Crippen molar-refractivity contribution in [3.63, 3.8) is 0 Å². The van der Waals surface area contributed by atoms with Gasteiger partial charge < -0.3 is 9.80 Å². The van der Waals surface area contributed by atoms with Gasteiger partial charge in [-0.25, -0.2) is 12.8 Å². The van der Waals surface area contributed by atoms with Crippen LogP contribution in [-0.2, 0) is 10.0 Å². The van der Waals surface area contributed by atoms with E-state index < -0.39 is 15.8 Å². The number of hydrogen-bond donors (Lipinski definition) is 0. The Balaban J connectivity index is 1.63. The molecule has 0 aromatic heterocycles. The third kappa shape index (κ3) is 5.02. The summed E-state index contributed by atoms with van der Waals surface area (Å²) in [4.78, 5) is 15.9. The fourth-order valence-electron chi connectivity index (χ4n) is 3.15. The summed E-state index contributed by atoms with van der Waals surface area (Å²) >= 11 is 0. The maximum Gasteiger partial charge on any atom is 0.254 e. The minimum Gasteiger partial charge on any atom is -0.375 e. The van der Waals surface area contributed by atoms with Crippen LogP contribution in [0, 0.1) is 5.82 Å². The minimum absolute atomic E-state index is 0.200. The van der Waals surface area contributed by atoms with Gasteiger partial charge in [-0.3, -0.25) is 4.79 Å². The molecule has 0 N–H and O–H groups in total. The van der Waals surface area contributed by atoms with Gasteiger partial charge in [0, 0.05) is 51.2 Å². The molecule has 2 aromatic rings. The van der Waals surface area contributed by atoms with Crippen molar-refractivity contribution in [3.05, 3.63) is 70.9 Å². The van der Waals surface area contributed by atoms with Crippen LogP contribution in [-0.4, -0.2) is 63.8 Å². The summed E-state index contributed by atoms with van der Waals surface area (Å²) in [5.41, 5.74) is 1.46. The summed E-state index contributed by atoms with van der Waals surface area (Å²) in [6, 6.07) is 13.6. The number of sulfonamides is 1. The molecule has 0 bridgehead atoms. The van der Waals surface area contributed by atoms with E-state index in [9.17, 15) is 17.6 Å². The highest BCUT2D eigenvalue weighted by molar-refractivity contribution is 7.92. The van der Waals surface area contributed by atoms with Gasteiger partial charge in [0.05, 0.1) is 5.69 Å². The molecule has 1 amide bonds. The average Bonchev–Trinajstić information content (AvgIpc) is 2.72.